The Labute approximate surface area is 165 Å². The highest BCUT2D eigenvalue weighted by atomic mass is 35.5. The monoisotopic (exact) mass is 378 g/mol. The van der Waals surface area contributed by atoms with Crippen LogP contribution < -0.4 is 5.46 Å². The molecule has 0 amide bonds. The topological polar surface area (TPSA) is 22.4 Å². The Morgan fingerprint density at radius 2 is 1.59 bits per heavy atom. The molecule has 0 saturated carbocycles. The van der Waals surface area contributed by atoms with Gasteiger partial charge in [-0.25, -0.2) is 0 Å². The van der Waals surface area contributed by atoms with Crippen molar-refractivity contribution >= 4 is 57.3 Å². The van der Waals surface area contributed by atoms with Crippen LogP contribution >= 0.6 is 11.6 Å². The number of furan rings is 1. The predicted molar refractivity (Wildman–Crippen MR) is 118 cm³/mol. The molecule has 1 heterocycles. The van der Waals surface area contributed by atoms with Gasteiger partial charge in [-0.2, -0.15) is 0 Å². The van der Waals surface area contributed by atoms with Crippen LogP contribution in [0.25, 0.3) is 32.7 Å². The van der Waals surface area contributed by atoms with Crippen LogP contribution in [0.2, 0.25) is 5.02 Å². The standard InChI is InChI=1S/C23H24BClO2/c1-22(2,3)23(4,5)27-24-17-12-13-18(25)21-19(17)16-11-10-14-8-6-7-9-15(14)20(16)26-21/h6-13,24H,1-5H3. The molecule has 0 aliphatic carbocycles. The maximum atomic E-state index is 6.48. The summed E-state index contributed by atoms with van der Waals surface area (Å²) in [5.74, 6) is 0. The third-order valence-electron chi connectivity index (χ3n) is 5.94. The van der Waals surface area contributed by atoms with Gasteiger partial charge in [-0.1, -0.05) is 68.8 Å². The van der Waals surface area contributed by atoms with Crippen LogP contribution in [-0.2, 0) is 4.65 Å². The average molecular weight is 379 g/mol. The van der Waals surface area contributed by atoms with Crippen LogP contribution in [0.15, 0.2) is 52.9 Å². The van der Waals surface area contributed by atoms with Crippen LogP contribution in [0.3, 0.4) is 0 Å². The molecule has 0 aliphatic rings. The van der Waals surface area contributed by atoms with Crippen molar-refractivity contribution in [3.05, 3.63) is 53.6 Å². The Balaban J connectivity index is 1.89. The van der Waals surface area contributed by atoms with E-state index in [-0.39, 0.29) is 11.0 Å². The smallest absolute Gasteiger partial charge is 0.310 e. The summed E-state index contributed by atoms with van der Waals surface area (Å²) in [6, 6.07) is 16.5. The predicted octanol–water partition coefficient (Wildman–Crippen LogP) is 6.21. The molecule has 4 heteroatoms. The number of rotatable bonds is 3. The van der Waals surface area contributed by atoms with E-state index in [0.29, 0.717) is 12.5 Å². The van der Waals surface area contributed by atoms with Crippen molar-refractivity contribution < 1.29 is 9.07 Å². The van der Waals surface area contributed by atoms with Crippen molar-refractivity contribution in [3.8, 4) is 0 Å². The Morgan fingerprint density at radius 3 is 2.33 bits per heavy atom. The summed E-state index contributed by atoms with van der Waals surface area (Å²) in [6.07, 6.45) is 0. The highest BCUT2D eigenvalue weighted by Crippen LogP contribution is 2.37. The van der Waals surface area contributed by atoms with E-state index >= 15 is 0 Å². The summed E-state index contributed by atoms with van der Waals surface area (Å²) in [4.78, 5) is 0. The second-order valence-corrected chi connectivity index (χ2v) is 9.13. The largest absolute Gasteiger partial charge is 0.454 e. The minimum absolute atomic E-state index is 0.0349. The highest BCUT2D eigenvalue weighted by molar-refractivity contribution is 6.54. The lowest BCUT2D eigenvalue weighted by Gasteiger charge is -2.39. The minimum Gasteiger partial charge on any atom is -0.454 e. The Kier molecular flexibility index (Phi) is 4.29. The van der Waals surface area contributed by atoms with Crippen molar-refractivity contribution in [3.63, 3.8) is 0 Å². The van der Waals surface area contributed by atoms with Crippen molar-refractivity contribution in [1.29, 1.82) is 0 Å². The Morgan fingerprint density at radius 1 is 0.852 bits per heavy atom. The van der Waals surface area contributed by atoms with Gasteiger partial charge in [0.1, 0.15) is 5.58 Å². The van der Waals surface area contributed by atoms with Gasteiger partial charge < -0.3 is 9.07 Å². The van der Waals surface area contributed by atoms with Crippen LogP contribution in [0, 0.1) is 5.41 Å². The highest BCUT2D eigenvalue weighted by Gasteiger charge is 2.33. The van der Waals surface area contributed by atoms with E-state index in [1.807, 2.05) is 24.3 Å². The molecule has 0 spiro atoms. The van der Waals surface area contributed by atoms with E-state index in [1.165, 1.54) is 0 Å². The van der Waals surface area contributed by atoms with Gasteiger partial charge in [0, 0.05) is 16.2 Å². The van der Waals surface area contributed by atoms with Crippen LogP contribution in [0.4, 0.5) is 0 Å². The summed E-state index contributed by atoms with van der Waals surface area (Å²) in [6.45, 7) is 10.9. The van der Waals surface area contributed by atoms with E-state index in [4.69, 9.17) is 20.7 Å². The lowest BCUT2D eigenvalue weighted by atomic mass is 9.76. The third kappa shape index (κ3) is 3.03. The first-order chi connectivity index (χ1) is 12.7. The maximum absolute atomic E-state index is 6.48. The summed E-state index contributed by atoms with van der Waals surface area (Å²) < 4.78 is 12.6. The molecular weight excluding hydrogens is 355 g/mol. The molecule has 0 bridgehead atoms. The molecule has 4 rings (SSSR count). The number of hydrogen-bond acceptors (Lipinski definition) is 2. The number of halogens is 1. The molecular formula is C23H24BClO2. The molecule has 2 nitrogen and oxygen atoms in total. The zero-order chi connectivity index (χ0) is 19.4. The van der Waals surface area contributed by atoms with Crippen molar-refractivity contribution in [2.45, 2.75) is 40.2 Å². The van der Waals surface area contributed by atoms with Gasteiger partial charge >= 0.3 is 7.48 Å². The van der Waals surface area contributed by atoms with E-state index in [2.05, 4.69) is 58.9 Å². The van der Waals surface area contributed by atoms with Gasteiger partial charge in [0.25, 0.3) is 0 Å². The summed E-state index contributed by atoms with van der Waals surface area (Å²) in [5, 5.41) is 5.02. The first-order valence-electron chi connectivity index (χ1n) is 9.34. The molecule has 0 aliphatic heterocycles. The van der Waals surface area contributed by atoms with E-state index in [0.717, 1.165) is 38.2 Å². The molecule has 27 heavy (non-hydrogen) atoms. The van der Waals surface area contributed by atoms with Crippen molar-refractivity contribution in [2.24, 2.45) is 5.41 Å². The maximum Gasteiger partial charge on any atom is 0.310 e. The lowest BCUT2D eigenvalue weighted by Crippen LogP contribution is -2.42. The fourth-order valence-corrected chi connectivity index (χ4v) is 3.44. The van der Waals surface area contributed by atoms with Crippen LogP contribution in [0.5, 0.6) is 0 Å². The van der Waals surface area contributed by atoms with Crippen molar-refractivity contribution in [1.82, 2.24) is 0 Å². The Hall–Kier alpha value is -1.97. The second-order valence-electron chi connectivity index (χ2n) is 8.73. The third-order valence-corrected chi connectivity index (χ3v) is 6.24. The van der Waals surface area contributed by atoms with Gasteiger partial charge in [-0.3, -0.25) is 0 Å². The zero-order valence-electron chi connectivity index (χ0n) is 16.5. The molecule has 4 aromatic rings. The number of fused-ring (bicyclic) bond motifs is 5. The normalized spacial score (nSPS) is 13.0. The van der Waals surface area contributed by atoms with Crippen molar-refractivity contribution in [2.75, 3.05) is 0 Å². The van der Waals surface area contributed by atoms with Gasteiger partial charge in [0.05, 0.1) is 10.6 Å². The second kappa shape index (κ2) is 6.29. The lowest BCUT2D eigenvalue weighted by molar-refractivity contribution is 0.00508. The number of benzene rings is 3. The van der Waals surface area contributed by atoms with E-state index < -0.39 is 0 Å². The van der Waals surface area contributed by atoms with Gasteiger partial charge in [0.15, 0.2) is 5.58 Å². The zero-order valence-corrected chi connectivity index (χ0v) is 17.3. The number of hydrogen-bond donors (Lipinski definition) is 0. The van der Waals surface area contributed by atoms with Gasteiger partial charge in [0.2, 0.25) is 0 Å². The quantitative estimate of drug-likeness (QED) is 0.395. The van der Waals surface area contributed by atoms with Crippen LogP contribution in [-0.4, -0.2) is 13.1 Å². The molecule has 0 saturated heterocycles. The minimum atomic E-state index is -0.259. The fraction of sp³-hybridized carbons (Fsp3) is 0.304. The molecule has 0 N–H and O–H groups in total. The molecule has 3 aromatic carbocycles. The first kappa shape index (κ1) is 18.4. The van der Waals surface area contributed by atoms with Gasteiger partial charge in [-0.15, -0.1) is 0 Å². The molecule has 138 valence electrons. The average Bonchev–Trinajstić information content (AvgIpc) is 3.01. The van der Waals surface area contributed by atoms with Gasteiger partial charge in [-0.05, 0) is 42.2 Å². The van der Waals surface area contributed by atoms with E-state index in [1.54, 1.807) is 0 Å². The molecule has 1 aromatic heterocycles. The van der Waals surface area contributed by atoms with Crippen LogP contribution in [0.1, 0.15) is 34.6 Å². The molecule has 0 radical (unpaired) electrons. The molecule has 0 fully saturated rings. The summed E-state index contributed by atoms with van der Waals surface area (Å²) >= 11 is 6.48. The first-order valence-corrected chi connectivity index (χ1v) is 9.72. The SMILES string of the molecule is CC(C)(C)C(C)(C)OBc1ccc(Cl)c2oc3c4ccccc4ccc3c12. The molecule has 0 atom stereocenters. The summed E-state index contributed by atoms with van der Waals surface area (Å²) in [5.41, 5.74) is 2.49. The fourth-order valence-electron chi connectivity index (χ4n) is 3.24. The summed E-state index contributed by atoms with van der Waals surface area (Å²) in [7, 11) is 0.513. The van der Waals surface area contributed by atoms with E-state index in [9.17, 15) is 0 Å². The Bertz CT molecular complexity index is 1150. The molecule has 0 unspecified atom stereocenters.